The minimum absolute atomic E-state index is 0.00116. The van der Waals surface area contributed by atoms with Crippen molar-refractivity contribution in [3.8, 4) is 23.0 Å². The molecule has 4 aromatic carbocycles. The van der Waals surface area contributed by atoms with Gasteiger partial charge in [-0.05, 0) is 67.9 Å². The maximum absolute atomic E-state index is 13.6. The maximum atomic E-state index is 13.6. The van der Waals surface area contributed by atoms with Crippen molar-refractivity contribution in [1.29, 1.82) is 0 Å². The monoisotopic (exact) mass is 1060 g/mol. The van der Waals surface area contributed by atoms with Crippen molar-refractivity contribution in [2.45, 2.75) is 19.3 Å². The molecule has 0 fully saturated rings. The minimum atomic E-state index is -0.692. The van der Waals surface area contributed by atoms with Gasteiger partial charge in [-0.3, -0.25) is 53.1 Å². The van der Waals surface area contributed by atoms with Crippen molar-refractivity contribution in [2.24, 2.45) is 5.73 Å². The molecule has 0 unspecified atom stereocenters. The molecule has 3 heterocycles. The summed E-state index contributed by atoms with van der Waals surface area (Å²) in [6.07, 6.45) is 2.31. The van der Waals surface area contributed by atoms with E-state index >= 15 is 0 Å². The summed E-state index contributed by atoms with van der Waals surface area (Å²) in [6, 6.07) is 16.9. The van der Waals surface area contributed by atoms with Crippen LogP contribution in [-0.2, 0) is 0 Å². The van der Waals surface area contributed by atoms with E-state index in [0.29, 0.717) is 19.5 Å². The van der Waals surface area contributed by atoms with Gasteiger partial charge in [0, 0.05) is 111 Å². The lowest BCUT2D eigenvalue weighted by atomic mass is 10.1. The third-order valence-electron chi connectivity index (χ3n) is 13.0. The summed E-state index contributed by atoms with van der Waals surface area (Å²) < 4.78 is 0. The summed E-state index contributed by atoms with van der Waals surface area (Å²) in [7, 11) is 0. The maximum Gasteiger partial charge on any atom is 0.255 e. The topological polar surface area (TPSA) is 349 Å². The van der Waals surface area contributed by atoms with Gasteiger partial charge in [0.05, 0.1) is 44.5 Å². The molecule has 24 heteroatoms. The Morgan fingerprint density at radius 3 is 1.10 bits per heavy atom. The van der Waals surface area contributed by atoms with Gasteiger partial charge in [-0.25, -0.2) is 0 Å². The van der Waals surface area contributed by atoms with Crippen LogP contribution in [0, 0.1) is 0 Å². The summed E-state index contributed by atoms with van der Waals surface area (Å²) in [5.74, 6) is -7.37. The number of rotatable bonds is 10. The summed E-state index contributed by atoms with van der Waals surface area (Å²) in [5.41, 5.74) is 4.41. The first-order valence-electron chi connectivity index (χ1n) is 25.6. The van der Waals surface area contributed by atoms with Gasteiger partial charge >= 0.3 is 0 Å². The average molecular weight is 1070 g/mol. The molecule has 0 radical (unpaired) electrons. The molecule has 24 nitrogen and oxygen atoms in total. The molecule has 3 aliphatic heterocycles. The number of phenols is 4. The third kappa shape index (κ3) is 16.3. The molecule has 0 spiro atoms. The van der Waals surface area contributed by atoms with E-state index in [0.717, 1.165) is 12.8 Å². The normalized spacial score (nSPS) is 18.1. The fourth-order valence-corrected chi connectivity index (χ4v) is 8.63. The molecule has 0 saturated carbocycles. The van der Waals surface area contributed by atoms with Crippen LogP contribution in [0.1, 0.15) is 102 Å². The first-order chi connectivity index (χ1) is 37.2. The highest BCUT2D eigenvalue weighted by molar-refractivity contribution is 6.06. The second kappa shape index (κ2) is 29.1. The number of unbranched alkanes of at least 4 members (excludes halogenated alkanes) is 2. The zero-order valence-electron chi connectivity index (χ0n) is 42.8. The van der Waals surface area contributed by atoms with E-state index in [2.05, 4.69) is 42.5 Å². The Hall–Kier alpha value is -8.32. The van der Waals surface area contributed by atoms with Crippen LogP contribution in [0.15, 0.2) is 72.8 Å². The molecule has 77 heavy (non-hydrogen) atoms. The van der Waals surface area contributed by atoms with Crippen molar-refractivity contribution < 1.29 is 58.8 Å². The van der Waals surface area contributed by atoms with Crippen LogP contribution >= 0.6 is 0 Å². The quantitative estimate of drug-likeness (QED) is 0.0892. The summed E-state index contributed by atoms with van der Waals surface area (Å²) in [5, 5.41) is 66.7. The number of phenolic OH excluding ortho intramolecular Hbond substituents is 4. The van der Waals surface area contributed by atoms with E-state index < -0.39 is 70.3 Å². The lowest BCUT2D eigenvalue weighted by molar-refractivity contribution is 0.0915. The molecule has 3 aliphatic rings. The smallest absolute Gasteiger partial charge is 0.255 e. The van der Waals surface area contributed by atoms with Crippen LogP contribution in [0.4, 0.5) is 0 Å². The number of amides is 8. The summed E-state index contributed by atoms with van der Waals surface area (Å²) >= 11 is 0. The molecule has 8 amide bonds. The van der Waals surface area contributed by atoms with Crippen LogP contribution in [0.25, 0.3) is 0 Å². The summed E-state index contributed by atoms with van der Waals surface area (Å²) in [6.45, 7) is 2.75. The number of hydrogen-bond acceptors (Lipinski definition) is 16. The molecular weight excluding hydrogens is 997 g/mol. The Kier molecular flexibility index (Phi) is 21.9. The number of para-hydroxylation sites is 4. The molecule has 14 N–H and O–H groups in total. The number of nitrogens with zero attached hydrogens (tertiary/aromatic N) is 3. The molecule has 0 aromatic heterocycles. The second-order valence-corrected chi connectivity index (χ2v) is 18.2. The van der Waals surface area contributed by atoms with Gasteiger partial charge in [0.15, 0.2) is 0 Å². The number of benzene rings is 4. The van der Waals surface area contributed by atoms with Gasteiger partial charge in [0.1, 0.15) is 23.0 Å². The van der Waals surface area contributed by atoms with Crippen LogP contribution < -0.4 is 48.3 Å². The van der Waals surface area contributed by atoms with Crippen LogP contribution in [-0.4, -0.2) is 200 Å². The van der Waals surface area contributed by atoms with Gasteiger partial charge < -0.3 is 68.7 Å². The van der Waals surface area contributed by atoms with E-state index in [-0.39, 0.29) is 149 Å². The number of fused-ring (bicyclic) bond motifs is 21. The highest BCUT2D eigenvalue weighted by atomic mass is 16.3. The number of carbonyl (C=O) groups is 8. The predicted octanol–water partition coefficient (Wildman–Crippen LogP) is -0.490. The number of hydrogen-bond donors (Lipinski definition) is 13. The van der Waals surface area contributed by atoms with Crippen molar-refractivity contribution >= 4 is 47.3 Å². The van der Waals surface area contributed by atoms with Gasteiger partial charge in [-0.2, -0.15) is 0 Å². The molecule has 4 aromatic rings. The van der Waals surface area contributed by atoms with E-state index in [1.165, 1.54) is 72.8 Å². The number of nitrogens with one attached hydrogen (secondary N) is 8. The second-order valence-electron chi connectivity index (χ2n) is 18.2. The summed E-state index contributed by atoms with van der Waals surface area (Å²) in [4.78, 5) is 113. The fourth-order valence-electron chi connectivity index (χ4n) is 8.63. The number of aromatic hydroxyl groups is 4. The predicted molar refractivity (Wildman–Crippen MR) is 283 cm³/mol. The van der Waals surface area contributed by atoms with Crippen molar-refractivity contribution in [3.05, 3.63) is 117 Å². The Labute approximate surface area is 445 Å². The Morgan fingerprint density at radius 2 is 0.740 bits per heavy atom. The highest BCUT2D eigenvalue weighted by Gasteiger charge is 2.24. The molecule has 0 atom stereocenters. The molecular formula is C53H68N12O12. The Bertz CT molecular complexity index is 2690. The van der Waals surface area contributed by atoms with E-state index in [4.69, 9.17) is 5.73 Å². The molecule has 0 aliphatic carbocycles. The first kappa shape index (κ1) is 57.9. The van der Waals surface area contributed by atoms with E-state index in [9.17, 15) is 58.8 Å². The number of nitrogens with two attached hydrogens (primary N) is 1. The van der Waals surface area contributed by atoms with Gasteiger partial charge in [0.25, 0.3) is 47.3 Å². The largest absolute Gasteiger partial charge is 0.506 e. The lowest BCUT2D eigenvalue weighted by Crippen LogP contribution is -2.46. The van der Waals surface area contributed by atoms with Crippen LogP contribution in [0.5, 0.6) is 23.0 Å². The first-order valence-corrected chi connectivity index (χ1v) is 25.6. The average Bonchev–Trinajstić information content (AvgIpc) is 3.41. The van der Waals surface area contributed by atoms with E-state index in [1.54, 1.807) is 4.90 Å². The zero-order chi connectivity index (χ0) is 55.3. The molecule has 7 rings (SSSR count). The van der Waals surface area contributed by atoms with Crippen molar-refractivity contribution in [3.63, 3.8) is 0 Å². The molecule has 412 valence electrons. The molecule has 0 saturated heterocycles. The van der Waals surface area contributed by atoms with Gasteiger partial charge in [-0.15, -0.1) is 0 Å². The standard InChI is InChI=1S/C53H68N12O12/c54-16-2-1-3-17-55-46(70)34-8-4-9-35(42(34)66)50(74)59-21-28-64-29-22-60-51(75)39-13-5-10-36(43(39)67)47(71)56-18-25-63-26-19-57-48(72)37-11-6-14-40(44(37)68)52(76)61-23-30-65(33-32-64)31-24-62-53(77)41-15-7-12-38(45(41)69)49(73)58-20-27-63/h4-15,66-69H,1-3,16-33,54H2,(H,55,70)(H,56,71)(H,57,72)(H,58,73)(H,59,74)(H,60,75)(H,61,76)(H,62,77). The Balaban J connectivity index is 1.28. The lowest BCUT2D eigenvalue weighted by Gasteiger charge is -2.28. The zero-order valence-corrected chi connectivity index (χ0v) is 42.8. The van der Waals surface area contributed by atoms with Gasteiger partial charge in [0.2, 0.25) is 0 Å². The SMILES string of the molecule is NCCCCCNC(=O)c1cccc(C(=O)NCCN2CCNC(=O)c3cccc(c3O)C(=O)NCCN3CCNC(=O)c4cccc(c4O)C(=O)NCCN(CCNC(=O)c4cccc(c4O)C(=O)NCC3)CC2)c1O. The molecule has 8 bridgehead atoms. The number of carbonyl (C=O) groups excluding carboxylic acids is 8. The van der Waals surface area contributed by atoms with Crippen molar-refractivity contribution in [1.82, 2.24) is 57.2 Å². The van der Waals surface area contributed by atoms with E-state index in [1.807, 2.05) is 9.80 Å². The minimum Gasteiger partial charge on any atom is -0.506 e. The van der Waals surface area contributed by atoms with Crippen LogP contribution in [0.3, 0.4) is 0 Å². The third-order valence-corrected chi connectivity index (χ3v) is 13.0. The Morgan fingerprint density at radius 1 is 0.416 bits per heavy atom. The van der Waals surface area contributed by atoms with Gasteiger partial charge in [-0.1, -0.05) is 30.7 Å². The highest BCUT2D eigenvalue weighted by Crippen LogP contribution is 2.26. The fraction of sp³-hybridized carbons (Fsp3) is 0.396. The van der Waals surface area contributed by atoms with Crippen LogP contribution in [0.2, 0.25) is 0 Å². The van der Waals surface area contributed by atoms with Crippen molar-refractivity contribution in [2.75, 3.05) is 118 Å².